The van der Waals surface area contributed by atoms with Crippen LogP contribution in [0.2, 0.25) is 0 Å². The van der Waals surface area contributed by atoms with E-state index in [1.54, 1.807) is 0 Å². The van der Waals surface area contributed by atoms with Gasteiger partial charge in [-0.25, -0.2) is 4.98 Å². The van der Waals surface area contributed by atoms with Gasteiger partial charge < -0.3 is 5.43 Å². The van der Waals surface area contributed by atoms with E-state index < -0.39 is 0 Å². The third kappa shape index (κ3) is 2.05. The van der Waals surface area contributed by atoms with Gasteiger partial charge in [-0.3, -0.25) is 4.99 Å². The number of nitrogens with zero attached hydrogens (tertiary/aromatic N) is 3. The van der Waals surface area contributed by atoms with Crippen LogP contribution in [0.4, 0.5) is 0 Å². The highest BCUT2D eigenvalue weighted by molar-refractivity contribution is 6.10. The lowest BCUT2D eigenvalue weighted by Gasteiger charge is -2.30. The minimum absolute atomic E-state index is 0.293. The molecule has 26 heavy (non-hydrogen) atoms. The van der Waals surface area contributed by atoms with Gasteiger partial charge in [0.2, 0.25) is 0 Å². The lowest BCUT2D eigenvalue weighted by atomic mass is 9.77. The van der Waals surface area contributed by atoms with E-state index in [0.29, 0.717) is 23.9 Å². The van der Waals surface area contributed by atoms with Crippen LogP contribution in [0.15, 0.2) is 34.4 Å². The fraction of sp³-hybridized carbons (Fsp3) is 0.409. The molecule has 5 aliphatic rings. The molecule has 1 aromatic heterocycles. The fourth-order valence-corrected chi connectivity index (χ4v) is 5.15. The van der Waals surface area contributed by atoms with Gasteiger partial charge in [0.25, 0.3) is 0 Å². The summed E-state index contributed by atoms with van der Waals surface area (Å²) < 4.78 is 0. The van der Waals surface area contributed by atoms with Crippen LogP contribution in [0.25, 0.3) is 11.6 Å². The van der Waals surface area contributed by atoms with Crippen LogP contribution < -0.4 is 5.43 Å². The van der Waals surface area contributed by atoms with Crippen molar-refractivity contribution in [1.29, 1.82) is 0 Å². The van der Waals surface area contributed by atoms with Crippen LogP contribution in [0.3, 0.4) is 0 Å². The predicted octanol–water partition coefficient (Wildman–Crippen LogP) is 3.44. The van der Waals surface area contributed by atoms with E-state index in [1.165, 1.54) is 40.8 Å². The number of hydrogen-bond donors (Lipinski definition) is 1. The summed E-state index contributed by atoms with van der Waals surface area (Å²) in [7, 11) is 0. The van der Waals surface area contributed by atoms with Crippen molar-refractivity contribution in [3.63, 3.8) is 0 Å². The summed E-state index contributed by atoms with van der Waals surface area (Å²) >= 11 is 0. The minimum atomic E-state index is 0.293. The average molecular weight is 342 g/mol. The van der Waals surface area contributed by atoms with Gasteiger partial charge in [0.1, 0.15) is 0 Å². The molecule has 2 aliphatic heterocycles. The van der Waals surface area contributed by atoms with Gasteiger partial charge in [-0.05, 0) is 54.9 Å². The molecular formula is C22H22N4. The molecule has 0 amide bonds. The summed E-state index contributed by atoms with van der Waals surface area (Å²) in [6, 6.07) is 0.703. The van der Waals surface area contributed by atoms with Crippen LogP contribution >= 0.6 is 0 Å². The Morgan fingerprint density at radius 3 is 2.96 bits per heavy atom. The van der Waals surface area contributed by atoms with Gasteiger partial charge in [-0.1, -0.05) is 24.3 Å². The molecule has 0 aromatic carbocycles. The highest BCUT2D eigenvalue weighted by atomic mass is 15.3. The molecule has 0 spiro atoms. The number of hydrazone groups is 1. The molecule has 0 fully saturated rings. The van der Waals surface area contributed by atoms with Crippen LogP contribution in [-0.4, -0.2) is 29.5 Å². The van der Waals surface area contributed by atoms with Gasteiger partial charge in [-0.2, -0.15) is 5.10 Å². The molecule has 1 N–H and O–H groups in total. The lowest BCUT2D eigenvalue weighted by Crippen LogP contribution is -2.29. The van der Waals surface area contributed by atoms with Crippen molar-refractivity contribution in [2.24, 2.45) is 16.0 Å². The predicted molar refractivity (Wildman–Crippen MR) is 106 cm³/mol. The number of aromatic nitrogens is 1. The van der Waals surface area contributed by atoms with Crippen molar-refractivity contribution < 1.29 is 0 Å². The van der Waals surface area contributed by atoms with E-state index in [1.807, 2.05) is 0 Å². The van der Waals surface area contributed by atoms with E-state index in [-0.39, 0.29) is 0 Å². The maximum Gasteiger partial charge on any atom is 0.0756 e. The Balaban J connectivity index is 1.54. The number of hydrogen-bond acceptors (Lipinski definition) is 4. The third-order valence-corrected chi connectivity index (χ3v) is 6.46. The average Bonchev–Trinajstić information content (AvgIpc) is 3.35. The standard InChI is InChI=1S/C22H22N4/c1-2-6-16-15(5-1)21-17-12-24-26-19(17)8-9-20(21)25-22(16)14-10-13-4-3-7-18(13)23-11-14/h3-4,8-13,17-19,26H,1-2,5-7H2. The molecule has 0 saturated carbocycles. The molecule has 6 rings (SSSR count). The van der Waals surface area contributed by atoms with E-state index in [4.69, 9.17) is 9.98 Å². The van der Waals surface area contributed by atoms with E-state index in [0.717, 1.165) is 25.0 Å². The quantitative estimate of drug-likeness (QED) is 0.795. The van der Waals surface area contributed by atoms with Gasteiger partial charge in [0.15, 0.2) is 0 Å². The molecular weight excluding hydrogens is 320 g/mol. The number of allylic oxidation sites excluding steroid dienone is 1. The smallest absolute Gasteiger partial charge is 0.0756 e. The van der Waals surface area contributed by atoms with Gasteiger partial charge in [0.05, 0.1) is 23.5 Å². The van der Waals surface area contributed by atoms with Crippen LogP contribution in [0.1, 0.15) is 53.3 Å². The molecule has 3 heterocycles. The number of aliphatic imine (C=N–C) groups is 1. The van der Waals surface area contributed by atoms with Crippen LogP contribution in [-0.2, 0) is 12.8 Å². The number of dihydropyridines is 1. The molecule has 0 saturated heterocycles. The number of nitrogens with one attached hydrogen (secondary N) is 1. The first-order valence-electron chi connectivity index (χ1n) is 9.83. The maximum absolute atomic E-state index is 5.16. The van der Waals surface area contributed by atoms with Gasteiger partial charge >= 0.3 is 0 Å². The monoisotopic (exact) mass is 342 g/mol. The SMILES string of the molecule is C1=CC2C=C(c3nc4c(c5c3CCCC5)C3C=NNC3C=C4)C=NC2C1. The van der Waals surface area contributed by atoms with Crippen molar-refractivity contribution in [3.8, 4) is 0 Å². The van der Waals surface area contributed by atoms with Crippen molar-refractivity contribution in [2.45, 2.75) is 50.1 Å². The summed E-state index contributed by atoms with van der Waals surface area (Å²) in [5.74, 6) is 0.776. The Morgan fingerprint density at radius 1 is 1.08 bits per heavy atom. The van der Waals surface area contributed by atoms with E-state index >= 15 is 0 Å². The Labute approximate surface area is 153 Å². The Hall–Kier alpha value is -2.49. The summed E-state index contributed by atoms with van der Waals surface area (Å²) in [6.07, 6.45) is 21.4. The molecule has 1 aromatic rings. The summed E-state index contributed by atoms with van der Waals surface area (Å²) in [5.41, 5.74) is 11.2. The zero-order valence-corrected chi connectivity index (χ0v) is 14.7. The Kier molecular flexibility index (Phi) is 3.10. The van der Waals surface area contributed by atoms with Gasteiger partial charge in [0, 0.05) is 29.8 Å². The highest BCUT2D eigenvalue weighted by Crippen LogP contribution is 2.40. The van der Waals surface area contributed by atoms with Crippen molar-refractivity contribution >= 4 is 24.1 Å². The molecule has 4 unspecified atom stereocenters. The first-order chi connectivity index (χ1) is 12.9. The second-order valence-corrected chi connectivity index (χ2v) is 7.95. The molecule has 3 aliphatic carbocycles. The fourth-order valence-electron chi connectivity index (χ4n) is 5.15. The Bertz CT molecular complexity index is 934. The summed E-state index contributed by atoms with van der Waals surface area (Å²) in [4.78, 5) is 9.98. The van der Waals surface area contributed by atoms with Crippen molar-refractivity contribution in [2.75, 3.05) is 0 Å². The second-order valence-electron chi connectivity index (χ2n) is 7.95. The molecule has 0 radical (unpaired) electrons. The number of fused-ring (bicyclic) bond motifs is 6. The van der Waals surface area contributed by atoms with E-state index in [2.05, 4.69) is 53.3 Å². The minimum Gasteiger partial charge on any atom is -0.302 e. The van der Waals surface area contributed by atoms with Gasteiger partial charge in [-0.15, -0.1) is 0 Å². The molecule has 130 valence electrons. The summed E-state index contributed by atoms with van der Waals surface area (Å²) in [6.45, 7) is 0. The molecule has 0 bridgehead atoms. The Morgan fingerprint density at radius 2 is 2.00 bits per heavy atom. The zero-order valence-electron chi connectivity index (χ0n) is 14.7. The normalized spacial score (nSPS) is 32.5. The molecule has 4 heteroatoms. The third-order valence-electron chi connectivity index (χ3n) is 6.46. The summed E-state index contributed by atoms with van der Waals surface area (Å²) in [5, 5.41) is 4.33. The lowest BCUT2D eigenvalue weighted by molar-refractivity contribution is 0.616. The van der Waals surface area contributed by atoms with Crippen molar-refractivity contribution in [3.05, 3.63) is 52.4 Å². The maximum atomic E-state index is 5.16. The molecule has 4 nitrogen and oxygen atoms in total. The first kappa shape index (κ1) is 14.7. The van der Waals surface area contributed by atoms with Crippen molar-refractivity contribution in [1.82, 2.24) is 10.4 Å². The van der Waals surface area contributed by atoms with E-state index in [9.17, 15) is 0 Å². The van der Waals surface area contributed by atoms with Crippen LogP contribution in [0, 0.1) is 5.92 Å². The first-order valence-corrected chi connectivity index (χ1v) is 9.83. The zero-order chi connectivity index (χ0) is 17.1. The van der Waals surface area contributed by atoms with Crippen LogP contribution in [0.5, 0.6) is 0 Å². The highest BCUT2D eigenvalue weighted by Gasteiger charge is 2.34. The number of pyridine rings is 1. The topological polar surface area (TPSA) is 49.6 Å². The number of rotatable bonds is 1. The molecule has 4 atom stereocenters. The second kappa shape index (κ2) is 5.50. The largest absolute Gasteiger partial charge is 0.302 e.